The third-order valence-electron chi connectivity index (χ3n) is 4.37. The molecule has 0 unspecified atom stereocenters. The Bertz CT molecular complexity index is 1090. The lowest BCUT2D eigenvalue weighted by Gasteiger charge is -2.06. The predicted octanol–water partition coefficient (Wildman–Crippen LogP) is 5.10. The van der Waals surface area contributed by atoms with Gasteiger partial charge in [-0.3, -0.25) is 9.89 Å². The van der Waals surface area contributed by atoms with Crippen molar-refractivity contribution in [3.63, 3.8) is 0 Å². The summed E-state index contributed by atoms with van der Waals surface area (Å²) >= 11 is 0. The topological polar surface area (TPSA) is 57.8 Å². The molecule has 0 fully saturated rings. The number of amides is 1. The van der Waals surface area contributed by atoms with Crippen LogP contribution in [0.15, 0.2) is 66.7 Å². The summed E-state index contributed by atoms with van der Waals surface area (Å²) in [6.07, 6.45) is 0. The summed E-state index contributed by atoms with van der Waals surface area (Å²) < 4.78 is 0. The van der Waals surface area contributed by atoms with Crippen molar-refractivity contribution in [1.29, 1.82) is 0 Å². The van der Waals surface area contributed by atoms with Gasteiger partial charge in [-0.2, -0.15) is 5.10 Å². The van der Waals surface area contributed by atoms with Gasteiger partial charge in [0.2, 0.25) is 0 Å². The number of rotatable bonds is 3. The van der Waals surface area contributed by atoms with E-state index in [2.05, 4.69) is 39.8 Å². The number of aromatic amines is 1. The molecular weight excluding hydrogens is 322 g/mol. The van der Waals surface area contributed by atoms with Crippen molar-refractivity contribution in [2.45, 2.75) is 13.8 Å². The molecule has 0 atom stereocenters. The first-order chi connectivity index (χ1) is 12.6. The third kappa shape index (κ3) is 3.09. The molecule has 1 heterocycles. The summed E-state index contributed by atoms with van der Waals surface area (Å²) in [5, 5.41) is 12.4. The molecule has 0 saturated heterocycles. The fraction of sp³-hybridized carbons (Fsp3) is 0.0909. The number of nitrogens with one attached hydrogen (secondary N) is 2. The van der Waals surface area contributed by atoms with Crippen LogP contribution in [-0.4, -0.2) is 16.1 Å². The SMILES string of the molecule is Cc1cc(C)cc(NC(=O)c2cc(-c3cccc4ccccc34)n[nH]2)c1. The van der Waals surface area contributed by atoms with Crippen LogP contribution in [-0.2, 0) is 0 Å². The first-order valence-corrected chi connectivity index (χ1v) is 8.53. The molecule has 0 aliphatic carbocycles. The lowest BCUT2D eigenvalue weighted by atomic mass is 10.0. The number of carbonyl (C=O) groups is 1. The molecule has 26 heavy (non-hydrogen) atoms. The Kier molecular flexibility index (Phi) is 4.01. The van der Waals surface area contributed by atoms with Gasteiger partial charge in [0.05, 0.1) is 5.69 Å². The maximum Gasteiger partial charge on any atom is 0.273 e. The Morgan fingerprint density at radius 1 is 0.923 bits per heavy atom. The molecule has 4 aromatic rings. The summed E-state index contributed by atoms with van der Waals surface area (Å²) in [5.41, 5.74) is 5.21. The van der Waals surface area contributed by atoms with Crippen LogP contribution in [0, 0.1) is 13.8 Å². The minimum atomic E-state index is -0.200. The van der Waals surface area contributed by atoms with Crippen LogP contribution in [0.25, 0.3) is 22.0 Å². The van der Waals surface area contributed by atoms with Gasteiger partial charge in [-0.15, -0.1) is 0 Å². The van der Waals surface area contributed by atoms with E-state index >= 15 is 0 Å². The van der Waals surface area contributed by atoms with E-state index in [9.17, 15) is 4.79 Å². The fourth-order valence-electron chi connectivity index (χ4n) is 3.27. The summed E-state index contributed by atoms with van der Waals surface area (Å²) in [6.45, 7) is 4.02. The largest absolute Gasteiger partial charge is 0.321 e. The molecule has 0 aliphatic heterocycles. The minimum Gasteiger partial charge on any atom is -0.321 e. The zero-order chi connectivity index (χ0) is 18.1. The van der Waals surface area contributed by atoms with Gasteiger partial charge in [0.25, 0.3) is 5.91 Å². The van der Waals surface area contributed by atoms with E-state index in [1.54, 1.807) is 6.07 Å². The van der Waals surface area contributed by atoms with Crippen LogP contribution >= 0.6 is 0 Å². The zero-order valence-corrected chi connectivity index (χ0v) is 14.7. The number of anilines is 1. The Hall–Kier alpha value is -3.40. The molecule has 0 radical (unpaired) electrons. The number of aromatic nitrogens is 2. The Morgan fingerprint density at radius 3 is 2.46 bits per heavy atom. The smallest absolute Gasteiger partial charge is 0.273 e. The maximum absolute atomic E-state index is 12.6. The molecule has 0 saturated carbocycles. The standard InChI is InChI=1S/C22H19N3O/c1-14-10-15(2)12-17(11-14)23-22(26)21-13-20(24-25-21)19-9-5-7-16-6-3-4-8-18(16)19/h3-13H,1-2H3,(H,23,26)(H,24,25). The number of nitrogens with zero attached hydrogens (tertiary/aromatic N) is 1. The quantitative estimate of drug-likeness (QED) is 0.545. The van der Waals surface area contributed by atoms with Crippen molar-refractivity contribution in [3.05, 3.63) is 83.6 Å². The zero-order valence-electron chi connectivity index (χ0n) is 14.7. The number of hydrogen-bond acceptors (Lipinski definition) is 2. The van der Waals surface area contributed by atoms with Gasteiger partial charge in [0, 0.05) is 11.3 Å². The maximum atomic E-state index is 12.6. The van der Waals surface area contributed by atoms with E-state index in [1.165, 1.54) is 0 Å². The van der Waals surface area contributed by atoms with Crippen LogP contribution in [0.4, 0.5) is 5.69 Å². The lowest BCUT2D eigenvalue weighted by Crippen LogP contribution is -2.12. The second kappa shape index (κ2) is 6.48. The summed E-state index contributed by atoms with van der Waals surface area (Å²) in [7, 11) is 0. The second-order valence-electron chi connectivity index (χ2n) is 6.52. The normalized spacial score (nSPS) is 10.8. The number of carbonyl (C=O) groups excluding carboxylic acids is 1. The van der Waals surface area contributed by atoms with Crippen molar-refractivity contribution >= 4 is 22.4 Å². The van der Waals surface area contributed by atoms with Crippen molar-refractivity contribution < 1.29 is 4.79 Å². The molecule has 0 bridgehead atoms. The minimum absolute atomic E-state index is 0.200. The molecule has 4 rings (SSSR count). The number of aryl methyl sites for hydroxylation is 2. The highest BCUT2D eigenvalue weighted by Crippen LogP contribution is 2.27. The van der Waals surface area contributed by atoms with E-state index in [1.807, 2.05) is 50.2 Å². The van der Waals surface area contributed by atoms with E-state index in [0.717, 1.165) is 38.8 Å². The molecule has 1 aromatic heterocycles. The summed E-state index contributed by atoms with van der Waals surface area (Å²) in [4.78, 5) is 12.6. The predicted molar refractivity (Wildman–Crippen MR) is 105 cm³/mol. The number of H-pyrrole nitrogens is 1. The second-order valence-corrected chi connectivity index (χ2v) is 6.52. The molecule has 0 spiro atoms. The van der Waals surface area contributed by atoms with Crippen LogP contribution in [0.2, 0.25) is 0 Å². The number of benzene rings is 3. The number of hydrogen-bond donors (Lipinski definition) is 2. The van der Waals surface area contributed by atoms with Crippen molar-refractivity contribution in [1.82, 2.24) is 10.2 Å². The van der Waals surface area contributed by atoms with Crippen LogP contribution in [0.1, 0.15) is 21.6 Å². The highest BCUT2D eigenvalue weighted by molar-refractivity contribution is 6.04. The Balaban J connectivity index is 1.64. The Labute approximate surface area is 151 Å². The van der Waals surface area contributed by atoms with E-state index < -0.39 is 0 Å². The molecular formula is C22H19N3O. The van der Waals surface area contributed by atoms with Crippen LogP contribution in [0.5, 0.6) is 0 Å². The van der Waals surface area contributed by atoms with Crippen molar-refractivity contribution in [2.24, 2.45) is 0 Å². The van der Waals surface area contributed by atoms with Crippen LogP contribution < -0.4 is 5.32 Å². The fourth-order valence-corrected chi connectivity index (χ4v) is 3.27. The molecule has 128 valence electrons. The molecule has 0 aliphatic rings. The van der Waals surface area contributed by atoms with Gasteiger partial charge >= 0.3 is 0 Å². The number of fused-ring (bicyclic) bond motifs is 1. The first-order valence-electron chi connectivity index (χ1n) is 8.53. The molecule has 1 amide bonds. The molecule has 3 aromatic carbocycles. The summed E-state index contributed by atoms with van der Waals surface area (Å²) in [6, 6.07) is 22.0. The average molecular weight is 341 g/mol. The van der Waals surface area contributed by atoms with Gasteiger partial charge < -0.3 is 5.32 Å². The van der Waals surface area contributed by atoms with Gasteiger partial charge in [-0.05, 0) is 53.9 Å². The third-order valence-corrected chi connectivity index (χ3v) is 4.37. The van der Waals surface area contributed by atoms with Gasteiger partial charge in [-0.1, -0.05) is 48.5 Å². The highest BCUT2D eigenvalue weighted by atomic mass is 16.1. The Morgan fingerprint density at radius 2 is 1.65 bits per heavy atom. The van der Waals surface area contributed by atoms with Crippen LogP contribution in [0.3, 0.4) is 0 Å². The summed E-state index contributed by atoms with van der Waals surface area (Å²) in [5.74, 6) is -0.200. The molecule has 4 nitrogen and oxygen atoms in total. The van der Waals surface area contributed by atoms with Crippen molar-refractivity contribution in [2.75, 3.05) is 5.32 Å². The monoisotopic (exact) mass is 341 g/mol. The lowest BCUT2D eigenvalue weighted by molar-refractivity contribution is 0.102. The van der Waals surface area contributed by atoms with E-state index in [-0.39, 0.29) is 5.91 Å². The molecule has 4 heteroatoms. The van der Waals surface area contributed by atoms with Gasteiger partial charge in [0.1, 0.15) is 5.69 Å². The van der Waals surface area contributed by atoms with E-state index in [0.29, 0.717) is 5.69 Å². The first kappa shape index (κ1) is 16.1. The molecule has 2 N–H and O–H groups in total. The van der Waals surface area contributed by atoms with E-state index in [4.69, 9.17) is 0 Å². The van der Waals surface area contributed by atoms with Gasteiger partial charge in [0.15, 0.2) is 0 Å². The van der Waals surface area contributed by atoms with Crippen molar-refractivity contribution in [3.8, 4) is 11.3 Å². The van der Waals surface area contributed by atoms with Gasteiger partial charge in [-0.25, -0.2) is 0 Å². The average Bonchev–Trinajstić information content (AvgIpc) is 3.10. The highest BCUT2D eigenvalue weighted by Gasteiger charge is 2.13.